The summed E-state index contributed by atoms with van der Waals surface area (Å²) in [6.45, 7) is 1.91. The van der Waals surface area contributed by atoms with Gasteiger partial charge in [0.2, 0.25) is 0 Å². The summed E-state index contributed by atoms with van der Waals surface area (Å²) in [5.74, 6) is 0. The number of pyridine rings is 1. The van der Waals surface area contributed by atoms with Gasteiger partial charge < -0.3 is 17.3 Å². The van der Waals surface area contributed by atoms with E-state index < -0.39 is 0 Å². The van der Waals surface area contributed by atoms with Crippen LogP contribution in [0.1, 0.15) is 11.3 Å². The van der Waals surface area contributed by atoms with Crippen LogP contribution in [0.15, 0.2) is 42.5 Å². The molecule has 0 bridgehead atoms. The minimum atomic E-state index is 0. The molecule has 5 heteroatoms. The monoisotopic (exact) mass is 377 g/mol. The van der Waals surface area contributed by atoms with Crippen LogP contribution in [0, 0.1) is 0 Å². The number of hydrogen-bond donors (Lipinski definition) is 0. The average molecular weight is 379 g/mol. The van der Waals surface area contributed by atoms with Gasteiger partial charge in [-0.15, -0.1) is 0 Å². The van der Waals surface area contributed by atoms with Crippen LogP contribution in [-0.4, -0.2) is 23.5 Å². The molecule has 2 nitrogen and oxygen atoms in total. The van der Waals surface area contributed by atoms with E-state index in [1.165, 1.54) is 16.8 Å². The predicted octanol–water partition coefficient (Wildman–Crippen LogP) is 2.20. The molecule has 0 radical (unpaired) electrons. The van der Waals surface area contributed by atoms with E-state index in [0.717, 1.165) is 46.0 Å². The van der Waals surface area contributed by atoms with Gasteiger partial charge in [0, 0.05) is 46.2 Å². The minimum absolute atomic E-state index is 0. The molecule has 2 heterocycles. The molecule has 1 aliphatic rings. The van der Waals surface area contributed by atoms with Crippen molar-refractivity contribution >= 4 is 34.1 Å². The van der Waals surface area contributed by atoms with Crippen molar-refractivity contribution < 1.29 is 12.4 Å². The van der Waals surface area contributed by atoms with E-state index >= 15 is 0 Å². The lowest BCUT2D eigenvalue weighted by Gasteiger charge is -2.27. The lowest BCUT2D eigenvalue weighted by atomic mass is 9.91. The fourth-order valence-electron chi connectivity index (χ4n) is 3.32. The van der Waals surface area contributed by atoms with Crippen LogP contribution in [0.5, 0.6) is 0 Å². The molecule has 24 heavy (non-hydrogen) atoms. The van der Waals surface area contributed by atoms with Crippen molar-refractivity contribution in [1.82, 2.24) is 9.88 Å². The standard InChI is InChI=1S/C19H16Cl2N2.ClH/c1-23-9-8-18-15(11-23)19(13-4-2-3-5-16(13)21)14-10-12(20)6-7-17(14)22-18;/h2-7,10H,8-9,11H2,1H3;1H/p-1. The van der Waals surface area contributed by atoms with E-state index in [-0.39, 0.29) is 12.4 Å². The lowest BCUT2D eigenvalue weighted by Crippen LogP contribution is -3.00. The number of halogens is 3. The Kier molecular flexibility index (Phi) is 5.03. The Morgan fingerprint density at radius 3 is 2.67 bits per heavy atom. The zero-order valence-corrected chi connectivity index (χ0v) is 15.5. The molecular weight excluding hydrogens is 363 g/mol. The van der Waals surface area contributed by atoms with E-state index in [4.69, 9.17) is 28.2 Å². The number of hydrogen-bond acceptors (Lipinski definition) is 2. The summed E-state index contributed by atoms with van der Waals surface area (Å²) in [5, 5.41) is 2.55. The van der Waals surface area contributed by atoms with Crippen LogP contribution in [0.4, 0.5) is 0 Å². The molecule has 0 saturated heterocycles. The van der Waals surface area contributed by atoms with Crippen LogP contribution < -0.4 is 12.4 Å². The Hall–Kier alpha value is -1.32. The first-order valence-corrected chi connectivity index (χ1v) is 8.43. The maximum absolute atomic E-state index is 6.51. The topological polar surface area (TPSA) is 16.1 Å². The summed E-state index contributed by atoms with van der Waals surface area (Å²) >= 11 is 12.8. The van der Waals surface area contributed by atoms with E-state index in [9.17, 15) is 0 Å². The smallest absolute Gasteiger partial charge is 0.0712 e. The molecule has 0 N–H and O–H groups in total. The van der Waals surface area contributed by atoms with Gasteiger partial charge in [0.15, 0.2) is 0 Å². The molecule has 1 aromatic heterocycles. The molecule has 2 aromatic carbocycles. The van der Waals surface area contributed by atoms with Crippen molar-refractivity contribution in [1.29, 1.82) is 0 Å². The largest absolute Gasteiger partial charge is 1.00 e. The highest BCUT2D eigenvalue weighted by Gasteiger charge is 2.22. The van der Waals surface area contributed by atoms with Gasteiger partial charge in [0.05, 0.1) is 5.52 Å². The van der Waals surface area contributed by atoms with Crippen LogP contribution in [0.25, 0.3) is 22.0 Å². The summed E-state index contributed by atoms with van der Waals surface area (Å²) in [7, 11) is 2.14. The molecule has 0 spiro atoms. The molecule has 1 aliphatic heterocycles. The Balaban J connectivity index is 0.00000169. The van der Waals surface area contributed by atoms with Crippen molar-refractivity contribution in [2.24, 2.45) is 0 Å². The van der Waals surface area contributed by atoms with Crippen molar-refractivity contribution in [3.63, 3.8) is 0 Å². The first kappa shape index (κ1) is 17.5. The third-order valence-corrected chi connectivity index (χ3v) is 5.00. The van der Waals surface area contributed by atoms with Crippen LogP contribution in [-0.2, 0) is 13.0 Å². The van der Waals surface area contributed by atoms with Crippen molar-refractivity contribution in [3.8, 4) is 11.1 Å². The van der Waals surface area contributed by atoms with Gasteiger partial charge in [0.1, 0.15) is 0 Å². The van der Waals surface area contributed by atoms with Crippen LogP contribution in [0.3, 0.4) is 0 Å². The second kappa shape index (κ2) is 6.89. The molecule has 4 rings (SSSR count). The SMILES string of the molecule is CN1CCc2nc3ccc(Cl)cc3c(-c3ccccc3Cl)c2C1.[Cl-]. The Bertz CT molecular complexity index is 908. The molecule has 0 atom stereocenters. The van der Waals surface area contributed by atoms with Gasteiger partial charge in [0.25, 0.3) is 0 Å². The normalized spacial score (nSPS) is 14.3. The Labute approximate surface area is 157 Å². The third kappa shape index (κ3) is 3.00. The molecule has 0 amide bonds. The number of benzene rings is 2. The molecule has 0 saturated carbocycles. The lowest BCUT2D eigenvalue weighted by molar-refractivity contribution is -0.00000444. The Morgan fingerprint density at radius 2 is 1.88 bits per heavy atom. The first-order chi connectivity index (χ1) is 11.1. The van der Waals surface area contributed by atoms with Gasteiger partial charge >= 0.3 is 0 Å². The fraction of sp³-hybridized carbons (Fsp3) is 0.211. The van der Waals surface area contributed by atoms with Crippen LogP contribution in [0.2, 0.25) is 10.0 Å². The highest BCUT2D eigenvalue weighted by molar-refractivity contribution is 6.34. The Morgan fingerprint density at radius 1 is 1.08 bits per heavy atom. The summed E-state index contributed by atoms with van der Waals surface area (Å²) in [6, 6.07) is 13.9. The zero-order chi connectivity index (χ0) is 16.0. The maximum Gasteiger partial charge on any atom is 0.0712 e. The highest BCUT2D eigenvalue weighted by atomic mass is 35.5. The molecule has 0 aliphatic carbocycles. The predicted molar refractivity (Wildman–Crippen MR) is 97.2 cm³/mol. The maximum atomic E-state index is 6.51. The van der Waals surface area contributed by atoms with E-state index in [2.05, 4.69) is 18.0 Å². The molecular formula is C19H16Cl3N2-. The minimum Gasteiger partial charge on any atom is -1.00 e. The molecule has 3 aromatic rings. The highest BCUT2D eigenvalue weighted by Crippen LogP contribution is 2.39. The molecule has 124 valence electrons. The number of likely N-dealkylation sites (N-methyl/N-ethyl adjacent to an activating group) is 1. The molecule has 0 fully saturated rings. The fourth-order valence-corrected chi connectivity index (χ4v) is 3.72. The van der Waals surface area contributed by atoms with E-state index in [0.29, 0.717) is 0 Å². The van der Waals surface area contributed by atoms with Gasteiger partial charge in [-0.2, -0.15) is 0 Å². The van der Waals surface area contributed by atoms with Crippen LogP contribution >= 0.6 is 23.2 Å². The summed E-state index contributed by atoms with van der Waals surface area (Å²) < 4.78 is 0. The average Bonchev–Trinajstić information content (AvgIpc) is 2.54. The number of nitrogens with zero attached hydrogens (tertiary/aromatic N) is 2. The number of fused-ring (bicyclic) bond motifs is 2. The summed E-state index contributed by atoms with van der Waals surface area (Å²) in [6.07, 6.45) is 0.960. The number of rotatable bonds is 1. The number of aromatic nitrogens is 1. The third-order valence-electron chi connectivity index (χ3n) is 4.44. The summed E-state index contributed by atoms with van der Waals surface area (Å²) in [4.78, 5) is 7.20. The second-order valence-electron chi connectivity index (χ2n) is 6.04. The van der Waals surface area contributed by atoms with E-state index in [1.54, 1.807) is 0 Å². The van der Waals surface area contributed by atoms with Gasteiger partial charge in [-0.05, 0) is 42.4 Å². The first-order valence-electron chi connectivity index (χ1n) is 7.68. The summed E-state index contributed by atoms with van der Waals surface area (Å²) in [5.41, 5.74) is 5.64. The molecule has 0 unspecified atom stereocenters. The van der Waals surface area contributed by atoms with Gasteiger partial charge in [-0.3, -0.25) is 4.98 Å². The van der Waals surface area contributed by atoms with Crippen molar-refractivity contribution in [2.75, 3.05) is 13.6 Å². The quantitative estimate of drug-likeness (QED) is 0.645. The van der Waals surface area contributed by atoms with Gasteiger partial charge in [-0.25, -0.2) is 0 Å². The van der Waals surface area contributed by atoms with Gasteiger partial charge in [-0.1, -0.05) is 41.4 Å². The van der Waals surface area contributed by atoms with E-state index in [1.807, 2.05) is 36.4 Å². The zero-order valence-electron chi connectivity index (χ0n) is 13.2. The van der Waals surface area contributed by atoms with Crippen molar-refractivity contribution in [3.05, 3.63) is 63.8 Å². The second-order valence-corrected chi connectivity index (χ2v) is 6.88. The van der Waals surface area contributed by atoms with Crippen molar-refractivity contribution in [2.45, 2.75) is 13.0 Å².